The van der Waals surface area contributed by atoms with Gasteiger partial charge in [0.25, 0.3) is 5.91 Å². The van der Waals surface area contributed by atoms with E-state index in [1.165, 1.54) is 55.7 Å². The van der Waals surface area contributed by atoms with Crippen molar-refractivity contribution in [3.8, 4) is 0 Å². The molecule has 0 spiro atoms. The van der Waals surface area contributed by atoms with Crippen molar-refractivity contribution in [2.24, 2.45) is 5.92 Å². The molecule has 1 heterocycles. The first kappa shape index (κ1) is 25.9. The summed E-state index contributed by atoms with van der Waals surface area (Å²) in [4.78, 5) is 25.9. The molecular weight excluding hydrogens is 462 g/mol. The molecule has 0 bridgehead atoms. The highest BCUT2D eigenvalue weighted by molar-refractivity contribution is 6.49. The van der Waals surface area contributed by atoms with Gasteiger partial charge in [-0.2, -0.15) is 0 Å². The largest absolute Gasteiger partial charge is 0.477 e. The number of anilines is 2. The minimum absolute atomic E-state index is 0.152. The molecule has 6 heteroatoms. The summed E-state index contributed by atoms with van der Waals surface area (Å²) < 4.78 is 0. The summed E-state index contributed by atoms with van der Waals surface area (Å²) in [7, 11) is 1.43. The molecule has 37 heavy (non-hydrogen) atoms. The standard InChI is InChI=1S/C25H27N3O3.C6H6/c1-27-24(29)20(23(26)25(30)31)14-16-11-12-22-18(13-16)15-17-7-5-6-10-21(17)28(22)19-8-3-2-4-9-19;1-2-4-6-5-3-1/h2-4,8-9,11-14,17,21,26H,5-7,10,15H2,1H3,(H,27,29)(H,30,31);1-6H/b20-14-,26-23?;. The summed E-state index contributed by atoms with van der Waals surface area (Å²) in [6.45, 7) is 0. The van der Waals surface area contributed by atoms with Crippen LogP contribution in [0.3, 0.4) is 0 Å². The number of benzene rings is 3. The van der Waals surface area contributed by atoms with Crippen molar-refractivity contribution < 1.29 is 14.7 Å². The van der Waals surface area contributed by atoms with Crippen molar-refractivity contribution in [2.45, 2.75) is 38.1 Å². The Kier molecular flexibility index (Phi) is 8.52. The van der Waals surface area contributed by atoms with Gasteiger partial charge < -0.3 is 15.3 Å². The first-order valence-corrected chi connectivity index (χ1v) is 12.7. The van der Waals surface area contributed by atoms with Crippen LogP contribution in [0.25, 0.3) is 6.08 Å². The first-order valence-electron chi connectivity index (χ1n) is 12.7. The van der Waals surface area contributed by atoms with E-state index in [0.717, 1.165) is 12.0 Å². The van der Waals surface area contributed by atoms with E-state index in [2.05, 4.69) is 40.5 Å². The summed E-state index contributed by atoms with van der Waals surface area (Å²) in [5, 5.41) is 19.4. The summed E-state index contributed by atoms with van der Waals surface area (Å²) in [6, 6.07) is 28.9. The van der Waals surface area contributed by atoms with Crippen LogP contribution >= 0.6 is 0 Å². The number of nitrogens with zero attached hydrogens (tertiary/aromatic N) is 1. The number of hydrogen-bond donors (Lipinski definition) is 3. The lowest BCUT2D eigenvalue weighted by Crippen LogP contribution is -2.44. The first-order chi connectivity index (χ1) is 18.0. The molecular formula is C31H33N3O3. The molecule has 1 aliphatic heterocycles. The van der Waals surface area contributed by atoms with E-state index in [4.69, 9.17) is 5.41 Å². The molecule has 0 saturated heterocycles. The van der Waals surface area contributed by atoms with Crippen LogP contribution in [0, 0.1) is 11.3 Å². The molecule has 2 unspecified atom stereocenters. The van der Waals surface area contributed by atoms with Gasteiger partial charge in [-0.3, -0.25) is 10.2 Å². The molecule has 6 nitrogen and oxygen atoms in total. The number of likely N-dealkylation sites (N-methyl/N-ethyl adjacent to an activating group) is 1. The van der Waals surface area contributed by atoms with Crippen LogP contribution in [-0.2, 0) is 16.0 Å². The SMILES string of the molecule is CNC(=O)/C(=C\c1ccc2c(c1)CC1CCCCC1N2c1ccccc1)C(=N)C(=O)O.c1ccccc1. The van der Waals surface area contributed by atoms with E-state index in [1.807, 2.05) is 54.6 Å². The van der Waals surface area contributed by atoms with Gasteiger partial charge in [-0.15, -0.1) is 0 Å². The molecule has 1 aliphatic carbocycles. The van der Waals surface area contributed by atoms with E-state index in [9.17, 15) is 14.7 Å². The Balaban J connectivity index is 0.000000469. The van der Waals surface area contributed by atoms with Crippen molar-refractivity contribution >= 4 is 35.0 Å². The number of rotatable bonds is 5. The number of carboxylic acids is 1. The molecule has 190 valence electrons. The van der Waals surface area contributed by atoms with Crippen LogP contribution < -0.4 is 10.2 Å². The molecule has 0 aromatic heterocycles. The predicted molar refractivity (Wildman–Crippen MR) is 148 cm³/mol. The van der Waals surface area contributed by atoms with Gasteiger partial charge >= 0.3 is 5.97 Å². The van der Waals surface area contributed by atoms with Crippen molar-refractivity contribution in [1.82, 2.24) is 5.32 Å². The number of para-hydroxylation sites is 1. The van der Waals surface area contributed by atoms with Gasteiger partial charge in [-0.05, 0) is 66.6 Å². The highest BCUT2D eigenvalue weighted by atomic mass is 16.4. The third-order valence-electron chi connectivity index (χ3n) is 7.01. The topological polar surface area (TPSA) is 93.5 Å². The van der Waals surface area contributed by atoms with Gasteiger partial charge in [0.2, 0.25) is 0 Å². The molecule has 5 rings (SSSR count). The number of carboxylic acid groups (broad SMARTS) is 1. The zero-order valence-corrected chi connectivity index (χ0v) is 21.1. The Bertz CT molecular complexity index is 1240. The Morgan fingerprint density at radius 3 is 2.19 bits per heavy atom. The summed E-state index contributed by atoms with van der Waals surface area (Å²) in [5.41, 5.74) is 3.41. The van der Waals surface area contributed by atoms with Crippen molar-refractivity contribution in [3.05, 3.63) is 102 Å². The maximum absolute atomic E-state index is 12.2. The molecule has 1 amide bonds. The lowest BCUT2D eigenvalue weighted by atomic mass is 9.76. The number of hydrogen-bond acceptors (Lipinski definition) is 4. The number of aliphatic carboxylic acids is 1. The number of amides is 1. The monoisotopic (exact) mass is 495 g/mol. The minimum atomic E-state index is -1.42. The Morgan fingerprint density at radius 2 is 1.57 bits per heavy atom. The summed E-state index contributed by atoms with van der Waals surface area (Å²) in [6.07, 6.45) is 7.33. The number of nitrogens with one attached hydrogen (secondary N) is 2. The molecule has 1 saturated carbocycles. The fraction of sp³-hybridized carbons (Fsp3) is 0.258. The third-order valence-corrected chi connectivity index (χ3v) is 7.01. The second kappa shape index (κ2) is 12.2. The maximum atomic E-state index is 12.2. The second-order valence-electron chi connectivity index (χ2n) is 9.38. The zero-order chi connectivity index (χ0) is 26.2. The van der Waals surface area contributed by atoms with Crippen molar-refractivity contribution in [3.63, 3.8) is 0 Å². The van der Waals surface area contributed by atoms with Crippen LogP contribution in [-0.4, -0.2) is 35.8 Å². The zero-order valence-electron chi connectivity index (χ0n) is 21.1. The number of carbonyl (C=O) groups is 2. The minimum Gasteiger partial charge on any atom is -0.477 e. The average molecular weight is 496 g/mol. The second-order valence-corrected chi connectivity index (χ2v) is 9.38. The van der Waals surface area contributed by atoms with Crippen molar-refractivity contribution in [1.29, 1.82) is 5.41 Å². The van der Waals surface area contributed by atoms with Crippen LogP contribution in [0.15, 0.2) is 90.5 Å². The number of fused-ring (bicyclic) bond motifs is 2. The Hall–Kier alpha value is -4.19. The van der Waals surface area contributed by atoms with Gasteiger partial charge in [0.1, 0.15) is 0 Å². The highest BCUT2D eigenvalue weighted by Crippen LogP contribution is 2.44. The smallest absolute Gasteiger partial charge is 0.354 e. The van der Waals surface area contributed by atoms with Gasteiger partial charge in [-0.1, -0.05) is 73.5 Å². The molecule has 1 fully saturated rings. The molecule has 3 aromatic rings. The quantitative estimate of drug-likeness (QED) is 0.305. The highest BCUT2D eigenvalue weighted by Gasteiger charge is 2.36. The maximum Gasteiger partial charge on any atom is 0.354 e. The third kappa shape index (κ3) is 6.15. The van der Waals surface area contributed by atoms with Gasteiger partial charge in [0.15, 0.2) is 5.71 Å². The Labute approximate surface area is 218 Å². The van der Waals surface area contributed by atoms with E-state index in [-0.39, 0.29) is 5.57 Å². The Morgan fingerprint density at radius 1 is 0.946 bits per heavy atom. The van der Waals surface area contributed by atoms with Crippen molar-refractivity contribution in [2.75, 3.05) is 11.9 Å². The van der Waals surface area contributed by atoms with Gasteiger partial charge in [0, 0.05) is 24.5 Å². The van der Waals surface area contributed by atoms with Gasteiger partial charge in [0.05, 0.1) is 5.57 Å². The average Bonchev–Trinajstić information content (AvgIpc) is 2.95. The van der Waals surface area contributed by atoms with E-state index < -0.39 is 17.6 Å². The number of carbonyl (C=O) groups excluding carboxylic acids is 1. The lowest BCUT2D eigenvalue weighted by Gasteiger charge is -2.46. The van der Waals surface area contributed by atoms with E-state index in [0.29, 0.717) is 12.0 Å². The fourth-order valence-corrected chi connectivity index (χ4v) is 5.29. The van der Waals surface area contributed by atoms with E-state index >= 15 is 0 Å². The van der Waals surface area contributed by atoms with Crippen LogP contribution in [0.4, 0.5) is 11.4 Å². The normalized spacial score (nSPS) is 18.4. The molecule has 2 atom stereocenters. The summed E-state index contributed by atoms with van der Waals surface area (Å²) in [5.74, 6) is -1.44. The summed E-state index contributed by atoms with van der Waals surface area (Å²) >= 11 is 0. The molecule has 3 aromatic carbocycles. The fourth-order valence-electron chi connectivity index (χ4n) is 5.29. The molecule has 0 radical (unpaired) electrons. The van der Waals surface area contributed by atoms with Crippen LogP contribution in [0.2, 0.25) is 0 Å². The van der Waals surface area contributed by atoms with Crippen LogP contribution in [0.5, 0.6) is 0 Å². The van der Waals surface area contributed by atoms with E-state index in [1.54, 1.807) is 0 Å². The molecule has 2 aliphatic rings. The molecule has 3 N–H and O–H groups in total. The van der Waals surface area contributed by atoms with Gasteiger partial charge in [-0.25, -0.2) is 4.79 Å². The lowest BCUT2D eigenvalue weighted by molar-refractivity contribution is -0.129. The predicted octanol–water partition coefficient (Wildman–Crippen LogP) is 5.86. The van der Waals surface area contributed by atoms with Crippen LogP contribution in [0.1, 0.15) is 36.8 Å².